The van der Waals surface area contributed by atoms with Crippen LogP contribution in [0.25, 0.3) is 0 Å². The van der Waals surface area contributed by atoms with E-state index >= 15 is 0 Å². The van der Waals surface area contributed by atoms with E-state index in [0.717, 1.165) is 30.5 Å². The normalized spacial score (nSPS) is 21.7. The Morgan fingerprint density at radius 1 is 1.26 bits per heavy atom. The molecular weight excluding hydrogens is 318 g/mol. The zero-order chi connectivity index (χ0) is 16.9. The lowest BCUT2D eigenvalue weighted by Crippen LogP contribution is -2.54. The highest BCUT2D eigenvalue weighted by Gasteiger charge is 2.36. The second-order valence-electron chi connectivity index (χ2n) is 5.98. The minimum Gasteiger partial charge on any atom is -0.355 e. The predicted octanol–water partition coefficient (Wildman–Crippen LogP) is 2.07. The number of nitrogens with one attached hydrogen (secondary N) is 2. The van der Waals surface area contributed by atoms with Gasteiger partial charge in [0.25, 0.3) is 0 Å². The van der Waals surface area contributed by atoms with Crippen LogP contribution in [0.4, 0.5) is 8.78 Å². The lowest BCUT2D eigenvalue weighted by Gasteiger charge is -2.36. The van der Waals surface area contributed by atoms with E-state index in [-0.39, 0.29) is 5.54 Å². The molecule has 1 atom stereocenters. The van der Waals surface area contributed by atoms with Crippen molar-refractivity contribution in [3.8, 4) is 0 Å². The van der Waals surface area contributed by atoms with Crippen LogP contribution in [0.3, 0.4) is 0 Å². The summed E-state index contributed by atoms with van der Waals surface area (Å²) in [6.07, 6.45) is 1.13. The van der Waals surface area contributed by atoms with Gasteiger partial charge in [0.1, 0.15) is 11.6 Å². The standard InChI is InChI=1S/C16H24F2N4S/c1-19-15(20-9-12-6-13(17)8-14(18)7-12)21-10-16(22(2)3)4-5-23-11-16/h6-8H,4-5,9-11H2,1-3H3,(H2,19,20,21). The number of nitrogens with zero attached hydrogens (tertiary/aromatic N) is 2. The quantitative estimate of drug-likeness (QED) is 0.635. The summed E-state index contributed by atoms with van der Waals surface area (Å²) in [6, 6.07) is 3.51. The van der Waals surface area contributed by atoms with E-state index in [4.69, 9.17) is 0 Å². The molecule has 1 fully saturated rings. The number of guanidine groups is 1. The van der Waals surface area contributed by atoms with Crippen LogP contribution in [0.2, 0.25) is 0 Å². The summed E-state index contributed by atoms with van der Waals surface area (Å²) in [5.74, 6) is 1.74. The third-order valence-electron chi connectivity index (χ3n) is 4.22. The maximum atomic E-state index is 13.2. The van der Waals surface area contributed by atoms with Crippen LogP contribution in [0.15, 0.2) is 23.2 Å². The van der Waals surface area contributed by atoms with E-state index < -0.39 is 11.6 Å². The van der Waals surface area contributed by atoms with E-state index in [2.05, 4.69) is 34.6 Å². The number of thioether (sulfide) groups is 1. The molecule has 2 N–H and O–H groups in total. The fourth-order valence-electron chi connectivity index (χ4n) is 2.61. The summed E-state index contributed by atoms with van der Waals surface area (Å²) in [5, 5.41) is 6.43. The second kappa shape index (κ2) is 7.97. The van der Waals surface area contributed by atoms with Crippen LogP contribution in [0, 0.1) is 11.6 Å². The van der Waals surface area contributed by atoms with E-state index in [1.807, 2.05) is 11.8 Å². The maximum Gasteiger partial charge on any atom is 0.191 e. The maximum absolute atomic E-state index is 13.2. The number of aliphatic imine (C=N–C) groups is 1. The van der Waals surface area contributed by atoms with Crippen molar-refractivity contribution in [3.05, 3.63) is 35.4 Å². The molecule has 0 spiro atoms. The van der Waals surface area contributed by atoms with Crippen molar-refractivity contribution < 1.29 is 8.78 Å². The monoisotopic (exact) mass is 342 g/mol. The first-order valence-corrected chi connectivity index (χ1v) is 8.75. The highest BCUT2D eigenvalue weighted by atomic mass is 32.2. The van der Waals surface area contributed by atoms with Crippen molar-refractivity contribution in [3.63, 3.8) is 0 Å². The largest absolute Gasteiger partial charge is 0.355 e. The summed E-state index contributed by atoms with van der Waals surface area (Å²) in [5.41, 5.74) is 0.664. The molecule has 1 saturated heterocycles. The Morgan fingerprint density at radius 3 is 2.48 bits per heavy atom. The van der Waals surface area contributed by atoms with Crippen molar-refractivity contribution >= 4 is 17.7 Å². The van der Waals surface area contributed by atoms with Crippen molar-refractivity contribution in [2.45, 2.75) is 18.5 Å². The van der Waals surface area contributed by atoms with Crippen LogP contribution < -0.4 is 10.6 Å². The Hall–Kier alpha value is -1.34. The minimum atomic E-state index is -0.570. The highest BCUT2D eigenvalue weighted by molar-refractivity contribution is 7.99. The average Bonchev–Trinajstić information content (AvgIpc) is 2.96. The molecule has 1 heterocycles. The number of hydrogen-bond acceptors (Lipinski definition) is 3. The van der Waals surface area contributed by atoms with Gasteiger partial charge in [-0.3, -0.25) is 4.99 Å². The van der Waals surface area contributed by atoms with Crippen molar-refractivity contribution in [2.24, 2.45) is 4.99 Å². The van der Waals surface area contributed by atoms with Gasteiger partial charge < -0.3 is 15.5 Å². The van der Waals surface area contributed by atoms with Gasteiger partial charge in [-0.25, -0.2) is 8.78 Å². The molecule has 4 nitrogen and oxygen atoms in total. The summed E-state index contributed by atoms with van der Waals surface area (Å²) in [4.78, 5) is 6.44. The molecule has 0 amide bonds. The first-order chi connectivity index (χ1) is 10.9. The Bertz CT molecular complexity index is 537. The third kappa shape index (κ3) is 4.81. The number of hydrogen-bond donors (Lipinski definition) is 2. The molecule has 1 unspecified atom stereocenters. The smallest absolute Gasteiger partial charge is 0.191 e. The van der Waals surface area contributed by atoms with Gasteiger partial charge in [-0.1, -0.05) is 0 Å². The van der Waals surface area contributed by atoms with E-state index in [9.17, 15) is 8.78 Å². The molecule has 0 aliphatic carbocycles. The summed E-state index contributed by atoms with van der Waals surface area (Å²) < 4.78 is 26.4. The Labute approximate surface area is 140 Å². The fourth-order valence-corrected chi connectivity index (χ4v) is 4.17. The molecule has 0 saturated carbocycles. The number of benzene rings is 1. The SMILES string of the molecule is CN=C(NCc1cc(F)cc(F)c1)NCC1(N(C)C)CCSC1. The van der Waals surface area contributed by atoms with Crippen LogP contribution in [0.1, 0.15) is 12.0 Å². The van der Waals surface area contributed by atoms with Crippen molar-refractivity contribution in [1.82, 2.24) is 15.5 Å². The van der Waals surface area contributed by atoms with Gasteiger partial charge in [0.05, 0.1) is 0 Å². The van der Waals surface area contributed by atoms with Gasteiger partial charge in [0, 0.05) is 37.5 Å². The molecule has 0 bridgehead atoms. The second-order valence-corrected chi connectivity index (χ2v) is 7.08. The van der Waals surface area contributed by atoms with Gasteiger partial charge in [-0.2, -0.15) is 11.8 Å². The van der Waals surface area contributed by atoms with E-state index in [0.29, 0.717) is 18.1 Å². The Balaban J connectivity index is 1.90. The Kier molecular flexibility index (Phi) is 6.24. The summed E-state index contributed by atoms with van der Waals surface area (Å²) in [6.45, 7) is 1.10. The first kappa shape index (κ1) is 18.0. The minimum absolute atomic E-state index is 0.118. The third-order valence-corrected chi connectivity index (χ3v) is 5.46. The molecule has 128 valence electrons. The zero-order valence-electron chi connectivity index (χ0n) is 13.8. The van der Waals surface area contributed by atoms with Crippen LogP contribution >= 0.6 is 11.8 Å². The number of rotatable bonds is 5. The Morgan fingerprint density at radius 2 is 1.96 bits per heavy atom. The van der Waals surface area contributed by atoms with E-state index in [1.165, 1.54) is 12.1 Å². The zero-order valence-corrected chi connectivity index (χ0v) is 14.6. The van der Waals surface area contributed by atoms with Gasteiger partial charge in [0.2, 0.25) is 0 Å². The van der Waals surface area contributed by atoms with Crippen LogP contribution in [-0.2, 0) is 6.54 Å². The predicted molar refractivity (Wildman–Crippen MR) is 92.9 cm³/mol. The lowest BCUT2D eigenvalue weighted by atomic mass is 9.97. The molecule has 0 radical (unpaired) electrons. The molecular formula is C16H24F2N4S. The first-order valence-electron chi connectivity index (χ1n) is 7.60. The topological polar surface area (TPSA) is 39.7 Å². The van der Waals surface area contributed by atoms with Crippen molar-refractivity contribution in [2.75, 3.05) is 39.2 Å². The van der Waals surface area contributed by atoms with Crippen LogP contribution in [0.5, 0.6) is 0 Å². The molecule has 1 aliphatic heterocycles. The lowest BCUT2D eigenvalue weighted by molar-refractivity contribution is 0.183. The number of likely N-dealkylation sites (N-methyl/N-ethyl adjacent to an activating group) is 1. The number of halogens is 2. The molecule has 7 heteroatoms. The molecule has 23 heavy (non-hydrogen) atoms. The fraction of sp³-hybridized carbons (Fsp3) is 0.562. The molecule has 2 rings (SSSR count). The average molecular weight is 342 g/mol. The van der Waals surface area contributed by atoms with Gasteiger partial charge in [-0.15, -0.1) is 0 Å². The van der Waals surface area contributed by atoms with Gasteiger partial charge in [0.15, 0.2) is 5.96 Å². The van der Waals surface area contributed by atoms with Crippen LogP contribution in [-0.4, -0.2) is 55.6 Å². The summed E-state index contributed by atoms with van der Waals surface area (Å²) >= 11 is 1.96. The highest BCUT2D eigenvalue weighted by Crippen LogP contribution is 2.31. The molecule has 1 aromatic rings. The van der Waals surface area contributed by atoms with E-state index in [1.54, 1.807) is 7.05 Å². The molecule has 0 aromatic heterocycles. The van der Waals surface area contributed by atoms with Gasteiger partial charge in [-0.05, 0) is 44.0 Å². The van der Waals surface area contributed by atoms with Crippen molar-refractivity contribution in [1.29, 1.82) is 0 Å². The molecule has 1 aliphatic rings. The molecule has 1 aromatic carbocycles. The van der Waals surface area contributed by atoms with Gasteiger partial charge >= 0.3 is 0 Å². The summed E-state index contributed by atoms with van der Waals surface area (Å²) in [7, 11) is 5.88.